The van der Waals surface area contributed by atoms with Crippen molar-refractivity contribution >= 4 is 11.9 Å². The molecule has 0 saturated carbocycles. The predicted molar refractivity (Wildman–Crippen MR) is 100 cm³/mol. The van der Waals surface area contributed by atoms with Crippen molar-refractivity contribution < 1.29 is 19.1 Å². The summed E-state index contributed by atoms with van der Waals surface area (Å²) in [6.07, 6.45) is 0. The van der Waals surface area contributed by atoms with Gasteiger partial charge in [0.1, 0.15) is 5.75 Å². The van der Waals surface area contributed by atoms with Crippen LogP contribution in [0.2, 0.25) is 0 Å². The van der Waals surface area contributed by atoms with E-state index in [9.17, 15) is 9.59 Å². The minimum absolute atomic E-state index is 0.226. The predicted octanol–water partition coefficient (Wildman–Crippen LogP) is 3.16. The number of carbonyl (C=O) groups excluding carboxylic acids is 2. The van der Waals surface area contributed by atoms with Gasteiger partial charge in [-0.25, -0.2) is 4.79 Å². The van der Waals surface area contributed by atoms with Crippen LogP contribution >= 0.6 is 0 Å². The summed E-state index contributed by atoms with van der Waals surface area (Å²) in [6.45, 7) is 7.71. The maximum atomic E-state index is 11.8. The Hall–Kier alpha value is -2.82. The number of hydrogen-bond acceptors (Lipinski definition) is 4. The summed E-state index contributed by atoms with van der Waals surface area (Å²) in [5.74, 6) is -0.240. The molecule has 0 atom stereocenters. The first-order valence-electron chi connectivity index (χ1n) is 8.54. The molecule has 1 amide bonds. The Labute approximate surface area is 154 Å². The standard InChI is InChI=1S/C21H25NO4/c1-14-9-16(3)21(17(4)10-14)26-13-20(24)25-12-19(23)22-11-18-8-6-5-7-15(18)2/h5-10H,11-13H2,1-4H3,(H,22,23). The molecule has 0 bridgehead atoms. The van der Waals surface area contributed by atoms with Crippen LogP contribution < -0.4 is 10.1 Å². The molecule has 0 aromatic heterocycles. The summed E-state index contributed by atoms with van der Waals surface area (Å²) in [7, 11) is 0. The van der Waals surface area contributed by atoms with Crippen molar-refractivity contribution in [1.82, 2.24) is 5.32 Å². The molecule has 2 aromatic rings. The zero-order valence-electron chi connectivity index (χ0n) is 15.7. The van der Waals surface area contributed by atoms with Crippen molar-refractivity contribution in [3.63, 3.8) is 0 Å². The molecular weight excluding hydrogens is 330 g/mol. The van der Waals surface area contributed by atoms with E-state index in [1.54, 1.807) is 0 Å². The van der Waals surface area contributed by atoms with Crippen molar-refractivity contribution in [2.45, 2.75) is 34.2 Å². The van der Waals surface area contributed by atoms with Crippen LogP contribution in [-0.2, 0) is 20.9 Å². The number of rotatable bonds is 7. The number of hydrogen-bond donors (Lipinski definition) is 1. The van der Waals surface area contributed by atoms with E-state index in [0.29, 0.717) is 12.3 Å². The minimum atomic E-state index is -0.574. The maximum absolute atomic E-state index is 11.8. The SMILES string of the molecule is Cc1cc(C)c(OCC(=O)OCC(=O)NCc2ccccc2C)c(C)c1. The van der Waals surface area contributed by atoms with E-state index in [1.165, 1.54) is 0 Å². The van der Waals surface area contributed by atoms with Crippen molar-refractivity contribution in [2.75, 3.05) is 13.2 Å². The molecule has 2 aromatic carbocycles. The molecule has 0 saturated heterocycles. The first kappa shape index (κ1) is 19.5. The smallest absolute Gasteiger partial charge is 0.344 e. The molecule has 0 aliphatic heterocycles. The van der Waals surface area contributed by atoms with Gasteiger partial charge in [0.25, 0.3) is 5.91 Å². The number of amides is 1. The Morgan fingerprint density at radius 1 is 0.923 bits per heavy atom. The van der Waals surface area contributed by atoms with E-state index in [2.05, 4.69) is 5.32 Å². The van der Waals surface area contributed by atoms with Gasteiger partial charge < -0.3 is 14.8 Å². The zero-order valence-corrected chi connectivity index (χ0v) is 15.7. The van der Waals surface area contributed by atoms with Crippen LogP contribution in [0.15, 0.2) is 36.4 Å². The molecular formula is C21H25NO4. The second-order valence-electron chi connectivity index (χ2n) is 6.38. The van der Waals surface area contributed by atoms with Gasteiger partial charge in [-0.15, -0.1) is 0 Å². The molecule has 0 unspecified atom stereocenters. The summed E-state index contributed by atoms with van der Waals surface area (Å²) in [6, 6.07) is 11.8. The zero-order chi connectivity index (χ0) is 19.1. The summed E-state index contributed by atoms with van der Waals surface area (Å²) >= 11 is 0. The second kappa shape index (κ2) is 9.04. The fourth-order valence-corrected chi connectivity index (χ4v) is 2.77. The summed E-state index contributed by atoms with van der Waals surface area (Å²) in [5.41, 5.74) is 5.20. The highest BCUT2D eigenvalue weighted by Gasteiger charge is 2.11. The van der Waals surface area contributed by atoms with E-state index >= 15 is 0 Å². The van der Waals surface area contributed by atoms with Crippen molar-refractivity contribution in [2.24, 2.45) is 0 Å². The van der Waals surface area contributed by atoms with Crippen LogP contribution in [0.5, 0.6) is 5.75 Å². The third kappa shape index (κ3) is 5.62. The topological polar surface area (TPSA) is 64.6 Å². The monoisotopic (exact) mass is 355 g/mol. The molecule has 0 fully saturated rings. The molecule has 0 radical (unpaired) electrons. The van der Waals surface area contributed by atoms with Gasteiger partial charge in [0, 0.05) is 6.54 Å². The normalized spacial score (nSPS) is 10.3. The fourth-order valence-electron chi connectivity index (χ4n) is 2.77. The number of esters is 1. The Bertz CT molecular complexity index is 775. The van der Waals surface area contributed by atoms with Crippen LogP contribution in [-0.4, -0.2) is 25.1 Å². The lowest BCUT2D eigenvalue weighted by molar-refractivity contribution is -0.150. The second-order valence-corrected chi connectivity index (χ2v) is 6.38. The van der Waals surface area contributed by atoms with Crippen LogP contribution in [0.3, 0.4) is 0 Å². The third-order valence-corrected chi connectivity index (χ3v) is 4.04. The average Bonchev–Trinajstić information content (AvgIpc) is 2.58. The van der Waals surface area contributed by atoms with Crippen molar-refractivity contribution in [3.05, 3.63) is 64.2 Å². The van der Waals surface area contributed by atoms with Gasteiger partial charge in [0.2, 0.25) is 0 Å². The summed E-state index contributed by atoms with van der Waals surface area (Å²) in [5, 5.41) is 2.74. The van der Waals surface area contributed by atoms with Gasteiger partial charge in [-0.2, -0.15) is 0 Å². The molecule has 5 heteroatoms. The highest BCUT2D eigenvalue weighted by molar-refractivity contribution is 5.80. The van der Waals surface area contributed by atoms with E-state index < -0.39 is 5.97 Å². The molecule has 5 nitrogen and oxygen atoms in total. The van der Waals surface area contributed by atoms with Gasteiger partial charge in [-0.05, 0) is 49.9 Å². The Morgan fingerprint density at radius 3 is 2.23 bits per heavy atom. The molecule has 0 aliphatic carbocycles. The molecule has 0 aliphatic rings. The summed E-state index contributed by atoms with van der Waals surface area (Å²) in [4.78, 5) is 23.6. The molecule has 0 heterocycles. The van der Waals surface area contributed by atoms with Gasteiger partial charge in [0.15, 0.2) is 13.2 Å². The van der Waals surface area contributed by atoms with E-state index in [0.717, 1.165) is 27.8 Å². The van der Waals surface area contributed by atoms with Gasteiger partial charge in [0.05, 0.1) is 0 Å². The summed E-state index contributed by atoms with van der Waals surface area (Å²) < 4.78 is 10.5. The Kier molecular flexibility index (Phi) is 6.78. The largest absolute Gasteiger partial charge is 0.481 e. The Morgan fingerprint density at radius 2 is 1.58 bits per heavy atom. The maximum Gasteiger partial charge on any atom is 0.344 e. The number of aryl methyl sites for hydroxylation is 4. The minimum Gasteiger partial charge on any atom is -0.481 e. The van der Waals surface area contributed by atoms with Crippen molar-refractivity contribution in [1.29, 1.82) is 0 Å². The number of nitrogens with one attached hydrogen (secondary N) is 1. The first-order chi connectivity index (χ1) is 12.4. The lowest BCUT2D eigenvalue weighted by atomic mass is 10.1. The van der Waals surface area contributed by atoms with Gasteiger partial charge >= 0.3 is 5.97 Å². The number of ether oxygens (including phenoxy) is 2. The molecule has 138 valence electrons. The van der Waals surface area contributed by atoms with Crippen LogP contribution in [0.4, 0.5) is 0 Å². The van der Waals surface area contributed by atoms with Gasteiger partial charge in [-0.3, -0.25) is 4.79 Å². The van der Waals surface area contributed by atoms with E-state index in [1.807, 2.05) is 64.1 Å². The Balaban J connectivity index is 1.75. The fraction of sp³-hybridized carbons (Fsp3) is 0.333. The number of benzene rings is 2. The highest BCUT2D eigenvalue weighted by atomic mass is 16.6. The lowest BCUT2D eigenvalue weighted by Gasteiger charge is -2.13. The van der Waals surface area contributed by atoms with E-state index in [4.69, 9.17) is 9.47 Å². The van der Waals surface area contributed by atoms with E-state index in [-0.39, 0.29) is 19.1 Å². The lowest BCUT2D eigenvalue weighted by Crippen LogP contribution is -2.29. The quantitative estimate of drug-likeness (QED) is 0.775. The number of carbonyl (C=O) groups is 2. The average molecular weight is 355 g/mol. The van der Waals surface area contributed by atoms with Gasteiger partial charge in [-0.1, -0.05) is 42.0 Å². The van der Waals surface area contributed by atoms with Crippen molar-refractivity contribution in [3.8, 4) is 5.75 Å². The molecule has 1 N–H and O–H groups in total. The molecule has 2 rings (SSSR count). The van der Waals surface area contributed by atoms with Crippen LogP contribution in [0.25, 0.3) is 0 Å². The first-order valence-corrected chi connectivity index (χ1v) is 8.54. The molecule has 26 heavy (non-hydrogen) atoms. The highest BCUT2D eigenvalue weighted by Crippen LogP contribution is 2.24. The third-order valence-electron chi connectivity index (χ3n) is 4.04. The van der Waals surface area contributed by atoms with Crippen LogP contribution in [0, 0.1) is 27.7 Å². The molecule has 0 spiro atoms. The van der Waals surface area contributed by atoms with Crippen LogP contribution in [0.1, 0.15) is 27.8 Å².